The normalized spacial score (nSPS) is 11.8. The fourth-order valence-corrected chi connectivity index (χ4v) is 2.29. The Balaban J connectivity index is 2.63. The Bertz CT molecular complexity index is 521. The molecule has 2 aromatic carbocycles. The third-order valence-corrected chi connectivity index (χ3v) is 3.02. The zero-order valence-corrected chi connectivity index (χ0v) is 11.2. The zero-order valence-electron chi connectivity index (χ0n) is 11.2. The standard InChI is InChI=1S/C16H21N/c1-16(2,3)11-14-13-8-6-5-7-12(13)9-10-15(14)17-4/h5-10,17H,11H2,1-4H3. The summed E-state index contributed by atoms with van der Waals surface area (Å²) >= 11 is 0. The number of hydrogen-bond donors (Lipinski definition) is 1. The Morgan fingerprint density at radius 1 is 1.00 bits per heavy atom. The van der Waals surface area contributed by atoms with E-state index in [0.29, 0.717) is 5.41 Å². The second-order valence-corrected chi connectivity index (χ2v) is 5.80. The summed E-state index contributed by atoms with van der Waals surface area (Å²) in [5.74, 6) is 0. The van der Waals surface area contributed by atoms with Gasteiger partial charge in [0.2, 0.25) is 0 Å². The molecule has 0 bridgehead atoms. The summed E-state index contributed by atoms with van der Waals surface area (Å²) in [7, 11) is 2.00. The molecule has 0 aliphatic rings. The highest BCUT2D eigenvalue weighted by Crippen LogP contribution is 2.31. The van der Waals surface area contributed by atoms with Crippen LogP contribution in [0.25, 0.3) is 10.8 Å². The Kier molecular flexibility index (Phi) is 3.10. The van der Waals surface area contributed by atoms with Crippen LogP contribution in [-0.2, 0) is 6.42 Å². The quantitative estimate of drug-likeness (QED) is 0.798. The molecule has 0 aromatic heterocycles. The molecule has 90 valence electrons. The van der Waals surface area contributed by atoms with E-state index in [1.807, 2.05) is 7.05 Å². The van der Waals surface area contributed by atoms with Crippen molar-refractivity contribution in [2.75, 3.05) is 12.4 Å². The SMILES string of the molecule is CNc1ccc2ccccc2c1CC(C)(C)C. The predicted octanol–water partition coefficient (Wildman–Crippen LogP) is 4.47. The number of rotatable bonds is 2. The number of fused-ring (bicyclic) bond motifs is 1. The van der Waals surface area contributed by atoms with Crippen LogP contribution in [0.15, 0.2) is 36.4 Å². The van der Waals surface area contributed by atoms with E-state index < -0.39 is 0 Å². The van der Waals surface area contributed by atoms with Crippen LogP contribution in [0, 0.1) is 5.41 Å². The molecule has 0 atom stereocenters. The number of nitrogens with one attached hydrogen (secondary N) is 1. The Morgan fingerprint density at radius 2 is 1.71 bits per heavy atom. The summed E-state index contributed by atoms with van der Waals surface area (Å²) < 4.78 is 0. The number of hydrogen-bond acceptors (Lipinski definition) is 1. The van der Waals surface area contributed by atoms with Gasteiger partial charge in [0, 0.05) is 12.7 Å². The molecule has 2 rings (SSSR count). The van der Waals surface area contributed by atoms with E-state index in [9.17, 15) is 0 Å². The smallest absolute Gasteiger partial charge is 0.0376 e. The molecule has 1 heteroatoms. The first-order valence-corrected chi connectivity index (χ1v) is 6.20. The summed E-state index contributed by atoms with van der Waals surface area (Å²) in [6, 6.07) is 13.0. The van der Waals surface area contributed by atoms with E-state index in [4.69, 9.17) is 0 Å². The van der Waals surface area contributed by atoms with Crippen LogP contribution < -0.4 is 5.32 Å². The van der Waals surface area contributed by atoms with E-state index >= 15 is 0 Å². The first-order valence-electron chi connectivity index (χ1n) is 6.20. The Morgan fingerprint density at radius 3 is 2.35 bits per heavy atom. The highest BCUT2D eigenvalue weighted by atomic mass is 14.8. The van der Waals surface area contributed by atoms with Crippen LogP contribution in [0.1, 0.15) is 26.3 Å². The van der Waals surface area contributed by atoms with Crippen molar-refractivity contribution in [2.45, 2.75) is 27.2 Å². The van der Waals surface area contributed by atoms with Gasteiger partial charge in [-0.3, -0.25) is 0 Å². The molecule has 0 fully saturated rings. The summed E-state index contributed by atoms with van der Waals surface area (Å²) in [5, 5.41) is 6.00. The van der Waals surface area contributed by atoms with Gasteiger partial charge in [-0.15, -0.1) is 0 Å². The van der Waals surface area contributed by atoms with Gasteiger partial charge in [-0.2, -0.15) is 0 Å². The summed E-state index contributed by atoms with van der Waals surface area (Å²) in [6.45, 7) is 6.86. The van der Waals surface area contributed by atoms with Crippen molar-refractivity contribution in [3.8, 4) is 0 Å². The molecular formula is C16H21N. The zero-order chi connectivity index (χ0) is 12.5. The number of benzene rings is 2. The minimum absolute atomic E-state index is 0.301. The average molecular weight is 227 g/mol. The van der Waals surface area contributed by atoms with E-state index in [1.165, 1.54) is 22.0 Å². The van der Waals surface area contributed by atoms with Crippen molar-refractivity contribution in [3.63, 3.8) is 0 Å². The molecule has 0 saturated carbocycles. The van der Waals surface area contributed by atoms with Crippen molar-refractivity contribution in [3.05, 3.63) is 42.0 Å². The molecule has 0 radical (unpaired) electrons. The minimum atomic E-state index is 0.301. The first-order chi connectivity index (χ1) is 8.01. The van der Waals surface area contributed by atoms with Crippen molar-refractivity contribution in [2.24, 2.45) is 5.41 Å². The third-order valence-electron chi connectivity index (χ3n) is 3.02. The molecule has 0 saturated heterocycles. The fourth-order valence-electron chi connectivity index (χ4n) is 2.29. The van der Waals surface area contributed by atoms with Crippen LogP contribution in [0.2, 0.25) is 0 Å². The molecule has 2 aromatic rings. The van der Waals surface area contributed by atoms with Gasteiger partial charge in [-0.1, -0.05) is 51.1 Å². The highest BCUT2D eigenvalue weighted by Gasteiger charge is 2.15. The van der Waals surface area contributed by atoms with E-state index in [-0.39, 0.29) is 0 Å². The maximum absolute atomic E-state index is 3.31. The lowest BCUT2D eigenvalue weighted by Gasteiger charge is -2.22. The topological polar surface area (TPSA) is 12.0 Å². The van der Waals surface area contributed by atoms with Gasteiger partial charge in [-0.05, 0) is 34.2 Å². The molecule has 17 heavy (non-hydrogen) atoms. The predicted molar refractivity (Wildman–Crippen MR) is 76.7 cm³/mol. The largest absolute Gasteiger partial charge is 0.388 e. The highest BCUT2D eigenvalue weighted by molar-refractivity contribution is 5.90. The lowest BCUT2D eigenvalue weighted by Crippen LogP contribution is -2.11. The molecule has 0 spiro atoms. The minimum Gasteiger partial charge on any atom is -0.388 e. The van der Waals surface area contributed by atoms with Crippen molar-refractivity contribution < 1.29 is 0 Å². The summed E-state index contributed by atoms with van der Waals surface area (Å²) in [6.07, 6.45) is 1.09. The molecule has 0 unspecified atom stereocenters. The molecule has 1 nitrogen and oxygen atoms in total. The van der Waals surface area contributed by atoms with Gasteiger partial charge in [0.05, 0.1) is 0 Å². The fraction of sp³-hybridized carbons (Fsp3) is 0.375. The lowest BCUT2D eigenvalue weighted by molar-refractivity contribution is 0.413. The number of anilines is 1. The maximum Gasteiger partial charge on any atom is 0.0376 e. The van der Waals surface area contributed by atoms with Gasteiger partial charge in [-0.25, -0.2) is 0 Å². The second kappa shape index (κ2) is 4.40. The Labute approximate surface area is 104 Å². The van der Waals surface area contributed by atoms with Gasteiger partial charge in [0.1, 0.15) is 0 Å². The van der Waals surface area contributed by atoms with Crippen molar-refractivity contribution in [1.29, 1.82) is 0 Å². The second-order valence-electron chi connectivity index (χ2n) is 5.80. The van der Waals surface area contributed by atoms with Gasteiger partial charge in [0.15, 0.2) is 0 Å². The van der Waals surface area contributed by atoms with Gasteiger partial charge < -0.3 is 5.32 Å². The molecule has 0 heterocycles. The monoisotopic (exact) mass is 227 g/mol. The van der Waals surface area contributed by atoms with Crippen LogP contribution in [0.3, 0.4) is 0 Å². The Hall–Kier alpha value is -1.50. The van der Waals surface area contributed by atoms with Crippen molar-refractivity contribution >= 4 is 16.5 Å². The van der Waals surface area contributed by atoms with Crippen LogP contribution >= 0.6 is 0 Å². The van der Waals surface area contributed by atoms with Crippen LogP contribution in [0.4, 0.5) is 5.69 Å². The molecule has 1 N–H and O–H groups in total. The lowest BCUT2D eigenvalue weighted by atomic mass is 9.85. The van der Waals surface area contributed by atoms with Crippen LogP contribution in [-0.4, -0.2) is 7.05 Å². The van der Waals surface area contributed by atoms with Crippen LogP contribution in [0.5, 0.6) is 0 Å². The third kappa shape index (κ3) is 2.60. The van der Waals surface area contributed by atoms with Gasteiger partial charge >= 0.3 is 0 Å². The average Bonchev–Trinajstić information content (AvgIpc) is 2.28. The molecule has 0 amide bonds. The molecule has 0 aliphatic heterocycles. The van der Waals surface area contributed by atoms with E-state index in [2.05, 4.69) is 62.5 Å². The van der Waals surface area contributed by atoms with E-state index in [1.54, 1.807) is 0 Å². The molecular weight excluding hydrogens is 206 g/mol. The first kappa shape index (κ1) is 12.0. The summed E-state index contributed by atoms with van der Waals surface area (Å²) in [5.41, 5.74) is 2.98. The van der Waals surface area contributed by atoms with Crippen molar-refractivity contribution in [1.82, 2.24) is 0 Å². The van der Waals surface area contributed by atoms with E-state index in [0.717, 1.165) is 6.42 Å². The van der Waals surface area contributed by atoms with Gasteiger partial charge in [0.25, 0.3) is 0 Å². The molecule has 0 aliphatic carbocycles. The summed E-state index contributed by atoms with van der Waals surface area (Å²) in [4.78, 5) is 0. The maximum atomic E-state index is 3.31.